The summed E-state index contributed by atoms with van der Waals surface area (Å²) in [6, 6.07) is 3.41. The first-order valence-electron chi connectivity index (χ1n) is 6.43. The lowest BCUT2D eigenvalue weighted by molar-refractivity contribution is 0.252. The molecule has 21 heavy (non-hydrogen) atoms. The Balaban J connectivity index is 2.02. The van der Waals surface area contributed by atoms with E-state index >= 15 is 0 Å². The Hall–Kier alpha value is -3.03. The van der Waals surface area contributed by atoms with Crippen molar-refractivity contribution in [1.29, 1.82) is 0 Å². The van der Waals surface area contributed by atoms with Crippen molar-refractivity contribution in [2.75, 3.05) is 11.9 Å². The maximum absolute atomic E-state index is 11.6. The number of hydrogen-bond donors (Lipinski definition) is 2. The lowest BCUT2D eigenvalue weighted by atomic mass is 10.1. The predicted octanol–water partition coefficient (Wildman–Crippen LogP) is 1.33. The van der Waals surface area contributed by atoms with E-state index < -0.39 is 0 Å². The van der Waals surface area contributed by atoms with Gasteiger partial charge in [0.2, 0.25) is 5.95 Å². The number of fused-ring (bicyclic) bond motifs is 1. The van der Waals surface area contributed by atoms with E-state index in [0.29, 0.717) is 18.1 Å². The van der Waals surface area contributed by atoms with E-state index in [4.69, 9.17) is 0 Å². The quantitative estimate of drug-likeness (QED) is 0.755. The van der Waals surface area contributed by atoms with Gasteiger partial charge in [0.1, 0.15) is 6.33 Å². The second-order valence-electron chi connectivity index (χ2n) is 4.21. The van der Waals surface area contributed by atoms with Crippen LogP contribution in [0.25, 0.3) is 16.8 Å². The van der Waals surface area contributed by atoms with Crippen molar-refractivity contribution in [1.82, 2.24) is 29.9 Å². The van der Waals surface area contributed by atoms with Gasteiger partial charge in [-0.1, -0.05) is 0 Å². The average molecular weight is 283 g/mol. The van der Waals surface area contributed by atoms with Crippen LogP contribution in [-0.4, -0.2) is 37.1 Å². The minimum absolute atomic E-state index is 0.311. The summed E-state index contributed by atoms with van der Waals surface area (Å²) in [5.41, 5.74) is 2.41. The van der Waals surface area contributed by atoms with E-state index in [1.807, 2.05) is 19.1 Å². The van der Waals surface area contributed by atoms with Crippen molar-refractivity contribution < 1.29 is 4.79 Å². The summed E-state index contributed by atoms with van der Waals surface area (Å²) in [5, 5.41) is 9.51. The molecule has 0 fully saturated rings. The largest absolute Gasteiger partial charge is 0.338 e. The molecular weight excluding hydrogens is 270 g/mol. The lowest BCUT2D eigenvalue weighted by Crippen LogP contribution is -2.29. The number of rotatable bonds is 3. The zero-order chi connectivity index (χ0) is 14.7. The number of aromatic nitrogens is 5. The van der Waals surface area contributed by atoms with E-state index in [2.05, 4.69) is 30.7 Å². The second kappa shape index (κ2) is 5.53. The van der Waals surface area contributed by atoms with Crippen molar-refractivity contribution in [2.24, 2.45) is 0 Å². The minimum Gasteiger partial charge on any atom is -0.338 e. The standard InChI is InChI=1S/C13H13N7O/c1-2-15-13(21)19-12-17-8-16-11-10(7-18-20(11)12)9-3-5-14-6-4-9/h3-8H,2H2,1H3,(H2,15,16,17,19,21). The highest BCUT2D eigenvalue weighted by molar-refractivity contribution is 5.88. The van der Waals surface area contributed by atoms with Crippen LogP contribution in [0, 0.1) is 0 Å². The maximum atomic E-state index is 11.6. The zero-order valence-electron chi connectivity index (χ0n) is 11.3. The molecule has 0 aliphatic heterocycles. The lowest BCUT2D eigenvalue weighted by Gasteiger charge is -2.06. The molecular formula is C13H13N7O. The van der Waals surface area contributed by atoms with Crippen molar-refractivity contribution in [3.8, 4) is 11.1 Å². The van der Waals surface area contributed by atoms with Gasteiger partial charge >= 0.3 is 6.03 Å². The zero-order valence-corrected chi connectivity index (χ0v) is 11.3. The van der Waals surface area contributed by atoms with Crippen LogP contribution >= 0.6 is 0 Å². The fraction of sp³-hybridized carbons (Fsp3) is 0.154. The van der Waals surface area contributed by atoms with E-state index in [0.717, 1.165) is 11.1 Å². The molecule has 0 saturated carbocycles. The summed E-state index contributed by atoms with van der Waals surface area (Å²) in [6.07, 6.45) is 6.48. The highest BCUT2D eigenvalue weighted by Gasteiger charge is 2.12. The molecule has 8 nitrogen and oxygen atoms in total. The molecule has 3 aromatic heterocycles. The van der Waals surface area contributed by atoms with Crippen LogP contribution in [0.1, 0.15) is 6.92 Å². The molecule has 0 spiro atoms. The summed E-state index contributed by atoms with van der Waals surface area (Å²) in [7, 11) is 0. The molecule has 0 bridgehead atoms. The first-order valence-corrected chi connectivity index (χ1v) is 6.43. The highest BCUT2D eigenvalue weighted by atomic mass is 16.2. The number of hydrogen-bond acceptors (Lipinski definition) is 5. The van der Waals surface area contributed by atoms with E-state index in [-0.39, 0.29) is 6.03 Å². The van der Waals surface area contributed by atoms with Gasteiger partial charge in [0, 0.05) is 24.5 Å². The van der Waals surface area contributed by atoms with Crippen LogP contribution in [0.3, 0.4) is 0 Å². The van der Waals surface area contributed by atoms with Gasteiger partial charge in [0.05, 0.1) is 6.20 Å². The smallest absolute Gasteiger partial charge is 0.321 e. The fourth-order valence-corrected chi connectivity index (χ4v) is 1.94. The summed E-state index contributed by atoms with van der Waals surface area (Å²) in [5.74, 6) is 0.311. The van der Waals surface area contributed by atoms with Crippen LogP contribution in [0.4, 0.5) is 10.7 Å². The van der Waals surface area contributed by atoms with Crippen molar-refractivity contribution in [3.63, 3.8) is 0 Å². The molecule has 106 valence electrons. The Morgan fingerprint density at radius 1 is 1.29 bits per heavy atom. The van der Waals surface area contributed by atoms with Crippen molar-refractivity contribution >= 4 is 17.6 Å². The summed E-state index contributed by atoms with van der Waals surface area (Å²) in [4.78, 5) is 23.9. The average Bonchev–Trinajstić information content (AvgIpc) is 2.93. The van der Waals surface area contributed by atoms with Gasteiger partial charge in [0.25, 0.3) is 0 Å². The fourth-order valence-electron chi connectivity index (χ4n) is 1.94. The molecule has 0 saturated heterocycles. The van der Waals surface area contributed by atoms with Gasteiger partial charge in [-0.25, -0.2) is 14.8 Å². The molecule has 0 radical (unpaired) electrons. The molecule has 3 heterocycles. The number of nitrogens with zero attached hydrogens (tertiary/aromatic N) is 5. The molecule has 0 atom stereocenters. The van der Waals surface area contributed by atoms with Crippen LogP contribution in [0.5, 0.6) is 0 Å². The number of nitrogens with one attached hydrogen (secondary N) is 2. The number of carbonyl (C=O) groups is 1. The minimum atomic E-state index is -0.335. The van der Waals surface area contributed by atoms with E-state index in [1.165, 1.54) is 10.8 Å². The Labute approximate surface area is 120 Å². The number of pyridine rings is 1. The molecule has 0 aromatic carbocycles. The summed E-state index contributed by atoms with van der Waals surface area (Å²) >= 11 is 0. The van der Waals surface area contributed by atoms with Crippen LogP contribution < -0.4 is 10.6 Å². The predicted molar refractivity (Wildman–Crippen MR) is 76.7 cm³/mol. The van der Waals surface area contributed by atoms with Crippen LogP contribution in [0.2, 0.25) is 0 Å². The topological polar surface area (TPSA) is 97.1 Å². The SMILES string of the molecule is CCNC(=O)Nc1ncnc2c(-c3ccncc3)cnn12. The van der Waals surface area contributed by atoms with Gasteiger partial charge in [-0.15, -0.1) is 0 Å². The molecule has 2 N–H and O–H groups in total. The normalized spacial score (nSPS) is 10.5. The first-order chi connectivity index (χ1) is 10.3. The third-order valence-corrected chi connectivity index (χ3v) is 2.86. The molecule has 0 unspecified atom stereocenters. The number of urea groups is 1. The van der Waals surface area contributed by atoms with E-state index in [1.54, 1.807) is 18.6 Å². The molecule has 8 heteroatoms. The Bertz CT molecular complexity index is 769. The second-order valence-corrected chi connectivity index (χ2v) is 4.21. The van der Waals surface area contributed by atoms with Gasteiger partial charge in [-0.2, -0.15) is 9.61 Å². The Kier molecular flexibility index (Phi) is 3.42. The van der Waals surface area contributed by atoms with Crippen LogP contribution in [-0.2, 0) is 0 Å². The van der Waals surface area contributed by atoms with Crippen molar-refractivity contribution in [2.45, 2.75) is 6.92 Å². The van der Waals surface area contributed by atoms with Crippen LogP contribution in [0.15, 0.2) is 37.1 Å². The third-order valence-electron chi connectivity index (χ3n) is 2.86. The molecule has 0 aliphatic carbocycles. The van der Waals surface area contributed by atoms with Gasteiger partial charge in [0.15, 0.2) is 5.65 Å². The number of carbonyl (C=O) groups excluding carboxylic acids is 1. The molecule has 0 aliphatic rings. The summed E-state index contributed by atoms with van der Waals surface area (Å²) < 4.78 is 1.49. The summed E-state index contributed by atoms with van der Waals surface area (Å²) in [6.45, 7) is 2.37. The molecule has 3 rings (SSSR count). The highest BCUT2D eigenvalue weighted by Crippen LogP contribution is 2.23. The number of amides is 2. The number of anilines is 1. The van der Waals surface area contributed by atoms with Gasteiger partial charge < -0.3 is 5.32 Å². The molecule has 2 amide bonds. The van der Waals surface area contributed by atoms with Gasteiger partial charge in [-0.3, -0.25) is 10.3 Å². The first kappa shape index (κ1) is 13.0. The third kappa shape index (κ3) is 2.50. The van der Waals surface area contributed by atoms with Gasteiger partial charge in [-0.05, 0) is 24.6 Å². The van der Waals surface area contributed by atoms with Crippen molar-refractivity contribution in [3.05, 3.63) is 37.1 Å². The monoisotopic (exact) mass is 283 g/mol. The molecule has 3 aromatic rings. The van der Waals surface area contributed by atoms with E-state index in [9.17, 15) is 4.79 Å². The Morgan fingerprint density at radius 3 is 2.86 bits per heavy atom. The maximum Gasteiger partial charge on any atom is 0.321 e. The Morgan fingerprint density at radius 2 is 2.10 bits per heavy atom.